The van der Waals surface area contributed by atoms with Crippen LogP contribution in [0, 0.1) is 5.92 Å². The van der Waals surface area contributed by atoms with Crippen LogP contribution < -0.4 is 5.73 Å². The van der Waals surface area contributed by atoms with Gasteiger partial charge in [-0.2, -0.15) is 0 Å². The van der Waals surface area contributed by atoms with Crippen LogP contribution in [0.3, 0.4) is 0 Å². The number of likely N-dealkylation sites (tertiary alicyclic amines) is 1. The quantitative estimate of drug-likeness (QED) is 0.659. The van der Waals surface area contributed by atoms with Crippen LogP contribution >= 0.6 is 0 Å². The molecule has 2 heteroatoms. The van der Waals surface area contributed by atoms with Crippen molar-refractivity contribution in [2.45, 2.75) is 71.3 Å². The van der Waals surface area contributed by atoms with Crippen molar-refractivity contribution >= 4 is 0 Å². The van der Waals surface area contributed by atoms with Crippen LogP contribution in [0.4, 0.5) is 0 Å². The van der Waals surface area contributed by atoms with Gasteiger partial charge in [-0.15, -0.1) is 0 Å². The smallest absolute Gasteiger partial charge is 0.0221 e. The Morgan fingerprint density at radius 3 is 2.53 bits per heavy atom. The van der Waals surface area contributed by atoms with E-state index in [0.29, 0.717) is 6.04 Å². The molecule has 1 heterocycles. The molecule has 1 rings (SSSR count). The first kappa shape index (κ1) is 15.0. The maximum absolute atomic E-state index is 5.92. The highest BCUT2D eigenvalue weighted by atomic mass is 15.2. The fourth-order valence-corrected chi connectivity index (χ4v) is 3.01. The molecule has 0 saturated carbocycles. The predicted octanol–water partition coefficient (Wildman–Crippen LogP) is 3.41. The molecule has 1 aliphatic heterocycles. The second kappa shape index (κ2) is 8.93. The van der Waals surface area contributed by atoms with Crippen molar-refractivity contribution in [1.82, 2.24) is 4.90 Å². The molecular weight excluding hydrogens is 208 g/mol. The minimum Gasteiger partial charge on any atom is -0.329 e. The van der Waals surface area contributed by atoms with Crippen LogP contribution in [0.25, 0.3) is 0 Å². The van der Waals surface area contributed by atoms with Crippen molar-refractivity contribution in [3.8, 4) is 0 Å². The maximum Gasteiger partial charge on any atom is 0.0221 e. The topological polar surface area (TPSA) is 29.3 Å². The third-order valence-corrected chi connectivity index (χ3v) is 4.34. The van der Waals surface area contributed by atoms with Crippen LogP contribution in [0.2, 0.25) is 0 Å². The zero-order chi connectivity index (χ0) is 12.5. The lowest BCUT2D eigenvalue weighted by molar-refractivity contribution is 0.112. The molecule has 2 unspecified atom stereocenters. The molecule has 0 spiro atoms. The lowest BCUT2D eigenvalue weighted by Crippen LogP contribution is -2.46. The van der Waals surface area contributed by atoms with E-state index in [4.69, 9.17) is 5.73 Å². The lowest BCUT2D eigenvalue weighted by Gasteiger charge is -2.38. The van der Waals surface area contributed by atoms with Crippen molar-refractivity contribution in [2.75, 3.05) is 19.6 Å². The van der Waals surface area contributed by atoms with E-state index in [-0.39, 0.29) is 0 Å². The van der Waals surface area contributed by atoms with E-state index in [9.17, 15) is 0 Å². The van der Waals surface area contributed by atoms with Gasteiger partial charge in [-0.1, -0.05) is 46.0 Å². The van der Waals surface area contributed by atoms with Crippen LogP contribution in [0.1, 0.15) is 65.2 Å². The number of nitrogens with two attached hydrogens (primary N) is 1. The van der Waals surface area contributed by atoms with Crippen LogP contribution in [0.15, 0.2) is 0 Å². The van der Waals surface area contributed by atoms with Gasteiger partial charge in [0.1, 0.15) is 0 Å². The number of unbranched alkanes of at least 4 members (excludes halogenated alkanes) is 4. The second-order valence-corrected chi connectivity index (χ2v) is 5.64. The van der Waals surface area contributed by atoms with E-state index in [1.165, 1.54) is 64.5 Å². The summed E-state index contributed by atoms with van der Waals surface area (Å²) < 4.78 is 0. The molecule has 0 aromatic rings. The molecule has 17 heavy (non-hydrogen) atoms. The van der Waals surface area contributed by atoms with Gasteiger partial charge in [0.2, 0.25) is 0 Å². The standard InChI is InChI=1S/C15H32N2/c1-3-5-6-7-8-10-17-11-9-14(4-2)12-15(17)13-16/h14-15H,3-13,16H2,1-2H3. The Morgan fingerprint density at radius 1 is 1.12 bits per heavy atom. The third-order valence-electron chi connectivity index (χ3n) is 4.34. The Bertz CT molecular complexity index is 182. The minimum atomic E-state index is 0.667. The van der Waals surface area contributed by atoms with E-state index in [2.05, 4.69) is 18.7 Å². The highest BCUT2D eigenvalue weighted by Gasteiger charge is 2.25. The summed E-state index contributed by atoms with van der Waals surface area (Å²) in [5.41, 5.74) is 5.92. The molecule has 0 radical (unpaired) electrons. The van der Waals surface area contributed by atoms with Gasteiger partial charge in [-0.3, -0.25) is 4.90 Å². The Balaban J connectivity index is 2.18. The third kappa shape index (κ3) is 5.39. The first-order valence-corrected chi connectivity index (χ1v) is 7.75. The summed E-state index contributed by atoms with van der Waals surface area (Å²) in [6, 6.07) is 0.667. The minimum absolute atomic E-state index is 0.667. The summed E-state index contributed by atoms with van der Waals surface area (Å²) in [5, 5.41) is 0. The Kier molecular flexibility index (Phi) is 7.87. The van der Waals surface area contributed by atoms with Gasteiger partial charge in [-0.05, 0) is 38.3 Å². The highest BCUT2D eigenvalue weighted by Crippen LogP contribution is 2.25. The largest absolute Gasteiger partial charge is 0.329 e. The first-order valence-electron chi connectivity index (χ1n) is 7.75. The maximum atomic E-state index is 5.92. The lowest BCUT2D eigenvalue weighted by atomic mass is 9.88. The number of hydrogen-bond donors (Lipinski definition) is 1. The molecule has 1 saturated heterocycles. The molecule has 2 nitrogen and oxygen atoms in total. The summed E-state index contributed by atoms with van der Waals surface area (Å²) in [7, 11) is 0. The normalized spacial score (nSPS) is 26.3. The molecule has 0 aliphatic carbocycles. The molecule has 102 valence electrons. The number of rotatable bonds is 8. The fourth-order valence-electron chi connectivity index (χ4n) is 3.01. The summed E-state index contributed by atoms with van der Waals surface area (Å²) in [6.45, 7) is 8.01. The van der Waals surface area contributed by atoms with Gasteiger partial charge in [0, 0.05) is 12.6 Å². The zero-order valence-corrected chi connectivity index (χ0v) is 12.0. The molecule has 2 atom stereocenters. The molecule has 0 amide bonds. The average Bonchev–Trinajstić information content (AvgIpc) is 2.38. The van der Waals surface area contributed by atoms with Gasteiger partial charge in [0.05, 0.1) is 0 Å². The fraction of sp³-hybridized carbons (Fsp3) is 1.00. The molecule has 0 bridgehead atoms. The van der Waals surface area contributed by atoms with Gasteiger partial charge < -0.3 is 5.73 Å². The van der Waals surface area contributed by atoms with E-state index < -0.39 is 0 Å². The summed E-state index contributed by atoms with van der Waals surface area (Å²) in [5.74, 6) is 0.930. The van der Waals surface area contributed by atoms with Crippen LogP contribution in [0.5, 0.6) is 0 Å². The number of piperidine rings is 1. The summed E-state index contributed by atoms with van der Waals surface area (Å²) in [6.07, 6.45) is 11.0. The van der Waals surface area contributed by atoms with E-state index in [1.807, 2.05) is 0 Å². The van der Waals surface area contributed by atoms with Crippen molar-refractivity contribution in [1.29, 1.82) is 0 Å². The monoisotopic (exact) mass is 240 g/mol. The molecule has 0 aromatic heterocycles. The first-order chi connectivity index (χ1) is 8.31. The average molecular weight is 240 g/mol. The van der Waals surface area contributed by atoms with Crippen LogP contribution in [-0.4, -0.2) is 30.6 Å². The predicted molar refractivity (Wildman–Crippen MR) is 76.2 cm³/mol. The van der Waals surface area contributed by atoms with E-state index in [1.54, 1.807) is 0 Å². The number of nitrogens with zero attached hydrogens (tertiary/aromatic N) is 1. The van der Waals surface area contributed by atoms with Crippen molar-refractivity contribution in [3.05, 3.63) is 0 Å². The van der Waals surface area contributed by atoms with E-state index >= 15 is 0 Å². The zero-order valence-electron chi connectivity index (χ0n) is 12.0. The van der Waals surface area contributed by atoms with E-state index in [0.717, 1.165) is 12.5 Å². The van der Waals surface area contributed by atoms with Crippen molar-refractivity contribution in [3.63, 3.8) is 0 Å². The summed E-state index contributed by atoms with van der Waals surface area (Å²) in [4.78, 5) is 2.65. The van der Waals surface area contributed by atoms with Crippen molar-refractivity contribution < 1.29 is 0 Å². The Hall–Kier alpha value is -0.0800. The SMILES string of the molecule is CCCCCCCN1CCC(CC)CC1CN. The molecule has 1 aliphatic rings. The highest BCUT2D eigenvalue weighted by molar-refractivity contribution is 4.81. The second-order valence-electron chi connectivity index (χ2n) is 5.64. The van der Waals surface area contributed by atoms with Gasteiger partial charge in [0.15, 0.2) is 0 Å². The van der Waals surface area contributed by atoms with Crippen molar-refractivity contribution in [2.24, 2.45) is 11.7 Å². The van der Waals surface area contributed by atoms with Crippen LogP contribution in [-0.2, 0) is 0 Å². The Morgan fingerprint density at radius 2 is 1.88 bits per heavy atom. The Labute approximate surface area is 108 Å². The number of hydrogen-bond acceptors (Lipinski definition) is 2. The summed E-state index contributed by atoms with van der Waals surface area (Å²) >= 11 is 0. The van der Waals surface area contributed by atoms with Gasteiger partial charge >= 0.3 is 0 Å². The molecule has 0 aromatic carbocycles. The molecule has 2 N–H and O–H groups in total. The van der Waals surface area contributed by atoms with Gasteiger partial charge in [0.25, 0.3) is 0 Å². The molecular formula is C15H32N2. The van der Waals surface area contributed by atoms with Gasteiger partial charge in [-0.25, -0.2) is 0 Å². The molecule has 1 fully saturated rings.